The van der Waals surface area contributed by atoms with Crippen LogP contribution < -0.4 is 9.47 Å². The van der Waals surface area contributed by atoms with Crippen molar-refractivity contribution in [3.05, 3.63) is 48.0 Å². The average Bonchev–Trinajstić information content (AvgIpc) is 2.45. The number of halogens is 6. The third kappa shape index (κ3) is 4.40. The standard InChI is InChI=1S/C15H8F6O3/c16-14(17,18)23-11-7-6-10(8-22)13(24-15(19,20)21)12(11)9-4-2-1-3-5-9/h1-8H. The van der Waals surface area contributed by atoms with Crippen molar-refractivity contribution in [1.82, 2.24) is 0 Å². The van der Waals surface area contributed by atoms with Gasteiger partial charge in [0.1, 0.15) is 5.75 Å². The Labute approximate surface area is 131 Å². The summed E-state index contributed by atoms with van der Waals surface area (Å²) in [6.45, 7) is 0. The predicted molar refractivity (Wildman–Crippen MR) is 70.6 cm³/mol. The second-order valence-corrected chi connectivity index (χ2v) is 4.44. The van der Waals surface area contributed by atoms with Gasteiger partial charge in [-0.3, -0.25) is 4.79 Å². The predicted octanol–water partition coefficient (Wildman–Crippen LogP) is 4.96. The summed E-state index contributed by atoms with van der Waals surface area (Å²) in [7, 11) is 0. The molecular formula is C15H8F6O3. The van der Waals surface area contributed by atoms with E-state index in [9.17, 15) is 31.1 Å². The van der Waals surface area contributed by atoms with Crippen molar-refractivity contribution in [1.29, 1.82) is 0 Å². The Balaban J connectivity index is 2.73. The van der Waals surface area contributed by atoms with Gasteiger partial charge in [-0.05, 0) is 17.7 Å². The number of aldehydes is 1. The van der Waals surface area contributed by atoms with Crippen LogP contribution in [0, 0.1) is 0 Å². The highest BCUT2D eigenvalue weighted by Gasteiger charge is 2.37. The summed E-state index contributed by atoms with van der Waals surface area (Å²) in [6.07, 6.45) is -10.3. The van der Waals surface area contributed by atoms with E-state index in [-0.39, 0.29) is 11.8 Å². The van der Waals surface area contributed by atoms with Gasteiger partial charge in [0.05, 0.1) is 11.1 Å². The normalized spacial score (nSPS) is 11.9. The topological polar surface area (TPSA) is 35.5 Å². The average molecular weight is 350 g/mol. The van der Waals surface area contributed by atoms with E-state index in [1.54, 1.807) is 0 Å². The molecule has 2 aromatic rings. The van der Waals surface area contributed by atoms with Gasteiger partial charge in [-0.2, -0.15) is 0 Å². The first kappa shape index (κ1) is 17.6. The number of alkyl halides is 6. The lowest BCUT2D eigenvalue weighted by atomic mass is 10.0. The van der Waals surface area contributed by atoms with Gasteiger partial charge in [0.2, 0.25) is 0 Å². The molecule has 3 nitrogen and oxygen atoms in total. The van der Waals surface area contributed by atoms with Crippen LogP contribution in [0.2, 0.25) is 0 Å². The van der Waals surface area contributed by atoms with Gasteiger partial charge in [0.25, 0.3) is 0 Å². The van der Waals surface area contributed by atoms with Gasteiger partial charge < -0.3 is 9.47 Å². The SMILES string of the molecule is O=Cc1ccc(OC(F)(F)F)c(-c2ccccc2)c1OC(F)(F)F. The molecular weight excluding hydrogens is 342 g/mol. The second-order valence-electron chi connectivity index (χ2n) is 4.44. The van der Waals surface area contributed by atoms with Gasteiger partial charge in [0, 0.05) is 0 Å². The highest BCUT2D eigenvalue weighted by molar-refractivity contribution is 5.89. The molecule has 0 radical (unpaired) electrons. The van der Waals surface area contributed by atoms with E-state index in [4.69, 9.17) is 0 Å². The van der Waals surface area contributed by atoms with Crippen molar-refractivity contribution in [3.63, 3.8) is 0 Å². The van der Waals surface area contributed by atoms with Crippen LogP contribution in [0.1, 0.15) is 10.4 Å². The van der Waals surface area contributed by atoms with Crippen LogP contribution in [0.25, 0.3) is 11.1 Å². The Morgan fingerprint density at radius 1 is 0.792 bits per heavy atom. The molecule has 0 atom stereocenters. The molecule has 0 spiro atoms. The van der Waals surface area contributed by atoms with Crippen molar-refractivity contribution < 1.29 is 40.6 Å². The number of rotatable bonds is 4. The first-order chi connectivity index (χ1) is 11.1. The van der Waals surface area contributed by atoms with Gasteiger partial charge in [-0.1, -0.05) is 30.3 Å². The summed E-state index contributed by atoms with van der Waals surface area (Å²) >= 11 is 0. The Morgan fingerprint density at radius 2 is 1.38 bits per heavy atom. The second kappa shape index (κ2) is 6.42. The van der Waals surface area contributed by atoms with Gasteiger partial charge in [0.15, 0.2) is 12.0 Å². The third-order valence-corrected chi connectivity index (χ3v) is 2.78. The molecule has 0 bridgehead atoms. The minimum absolute atomic E-state index is 0.0419. The van der Waals surface area contributed by atoms with Crippen LogP contribution in [0.4, 0.5) is 26.3 Å². The van der Waals surface area contributed by atoms with Crippen molar-refractivity contribution in [2.45, 2.75) is 12.7 Å². The molecule has 0 aliphatic carbocycles. The van der Waals surface area contributed by atoms with Crippen LogP contribution in [0.3, 0.4) is 0 Å². The number of hydrogen-bond acceptors (Lipinski definition) is 3. The molecule has 0 unspecified atom stereocenters. The van der Waals surface area contributed by atoms with Crippen molar-refractivity contribution in [2.75, 3.05) is 0 Å². The summed E-state index contributed by atoms with van der Waals surface area (Å²) in [5, 5.41) is 0. The van der Waals surface area contributed by atoms with E-state index in [2.05, 4.69) is 9.47 Å². The molecule has 2 rings (SSSR count). The largest absolute Gasteiger partial charge is 0.573 e. The summed E-state index contributed by atoms with van der Waals surface area (Å²) < 4.78 is 83.0. The Hall–Kier alpha value is -2.71. The first-order valence-corrected chi connectivity index (χ1v) is 6.30. The molecule has 0 fully saturated rings. The van der Waals surface area contributed by atoms with Crippen LogP contribution in [0.15, 0.2) is 42.5 Å². The van der Waals surface area contributed by atoms with Crippen molar-refractivity contribution >= 4 is 6.29 Å². The highest BCUT2D eigenvalue weighted by atomic mass is 19.4. The number of benzene rings is 2. The fourth-order valence-electron chi connectivity index (χ4n) is 1.99. The molecule has 9 heteroatoms. The third-order valence-electron chi connectivity index (χ3n) is 2.78. The number of carbonyl (C=O) groups is 1. The van der Waals surface area contributed by atoms with Crippen molar-refractivity contribution in [3.8, 4) is 22.6 Å². The summed E-state index contributed by atoms with van der Waals surface area (Å²) in [5.74, 6) is -1.98. The molecule has 2 aromatic carbocycles. The summed E-state index contributed by atoms with van der Waals surface area (Å²) in [6, 6.07) is 8.34. The fourth-order valence-corrected chi connectivity index (χ4v) is 1.99. The molecule has 0 N–H and O–H groups in total. The molecule has 0 aliphatic heterocycles. The fraction of sp³-hybridized carbons (Fsp3) is 0.133. The zero-order valence-electron chi connectivity index (χ0n) is 11.6. The van der Waals surface area contributed by atoms with Crippen molar-refractivity contribution in [2.24, 2.45) is 0 Å². The van der Waals surface area contributed by atoms with E-state index in [1.807, 2.05) is 0 Å². The number of carbonyl (C=O) groups excluding carboxylic acids is 1. The molecule has 0 saturated carbocycles. The molecule has 128 valence electrons. The lowest BCUT2D eigenvalue weighted by molar-refractivity contribution is -0.276. The lowest BCUT2D eigenvalue weighted by Crippen LogP contribution is -2.21. The van der Waals surface area contributed by atoms with Crippen LogP contribution >= 0.6 is 0 Å². The minimum atomic E-state index is -5.21. The van der Waals surface area contributed by atoms with Crippen LogP contribution in [-0.4, -0.2) is 19.0 Å². The lowest BCUT2D eigenvalue weighted by Gasteiger charge is -2.19. The number of ether oxygens (including phenoxy) is 2. The van der Waals surface area contributed by atoms with Crippen LogP contribution in [-0.2, 0) is 0 Å². The van der Waals surface area contributed by atoms with Crippen LogP contribution in [0.5, 0.6) is 11.5 Å². The maximum atomic E-state index is 12.6. The molecule has 0 aliphatic rings. The molecule has 0 aromatic heterocycles. The number of hydrogen-bond donors (Lipinski definition) is 0. The van der Waals surface area contributed by atoms with Gasteiger partial charge in [-0.25, -0.2) is 0 Å². The minimum Gasteiger partial charge on any atom is -0.405 e. The van der Waals surface area contributed by atoms with E-state index in [0.29, 0.717) is 0 Å². The monoisotopic (exact) mass is 350 g/mol. The smallest absolute Gasteiger partial charge is 0.405 e. The zero-order valence-corrected chi connectivity index (χ0v) is 11.6. The molecule has 0 saturated heterocycles. The van der Waals surface area contributed by atoms with Gasteiger partial charge >= 0.3 is 12.7 Å². The van der Waals surface area contributed by atoms with E-state index in [0.717, 1.165) is 12.1 Å². The quantitative estimate of drug-likeness (QED) is 0.577. The summed E-state index contributed by atoms with van der Waals surface area (Å²) in [4.78, 5) is 11.0. The summed E-state index contributed by atoms with van der Waals surface area (Å²) in [5.41, 5.74) is -1.24. The van der Waals surface area contributed by atoms with E-state index in [1.165, 1.54) is 30.3 Å². The Morgan fingerprint density at radius 3 is 1.88 bits per heavy atom. The molecule has 24 heavy (non-hydrogen) atoms. The zero-order chi connectivity index (χ0) is 18.0. The molecule has 0 amide bonds. The Bertz CT molecular complexity index is 722. The first-order valence-electron chi connectivity index (χ1n) is 6.30. The van der Waals surface area contributed by atoms with E-state index < -0.39 is 35.4 Å². The van der Waals surface area contributed by atoms with E-state index >= 15 is 0 Å². The maximum absolute atomic E-state index is 12.6. The molecule has 0 heterocycles. The highest BCUT2D eigenvalue weighted by Crippen LogP contribution is 2.44. The van der Waals surface area contributed by atoms with Gasteiger partial charge in [-0.15, -0.1) is 26.3 Å². The Kier molecular flexibility index (Phi) is 4.72. The maximum Gasteiger partial charge on any atom is 0.573 e.